The molecule has 114 valence electrons. The molecule has 1 amide bonds. The van der Waals surface area contributed by atoms with E-state index in [1.807, 2.05) is 0 Å². The van der Waals surface area contributed by atoms with Crippen LogP contribution in [-0.2, 0) is 4.79 Å². The molecule has 0 unspecified atom stereocenters. The lowest BCUT2D eigenvalue weighted by molar-refractivity contribution is -0.274. The van der Waals surface area contributed by atoms with E-state index in [4.69, 9.17) is 5.26 Å². The van der Waals surface area contributed by atoms with Crippen LogP contribution in [0, 0.1) is 11.3 Å². The Kier molecular flexibility index (Phi) is 3.95. The Morgan fingerprint density at radius 2 is 2.00 bits per heavy atom. The van der Waals surface area contributed by atoms with Crippen molar-refractivity contribution < 1.29 is 22.7 Å². The minimum atomic E-state index is -4.89. The molecule has 0 aliphatic carbocycles. The van der Waals surface area contributed by atoms with Gasteiger partial charge in [-0.2, -0.15) is 5.26 Å². The SMILES string of the molecule is C=C1C(CC)=C(C#N)C(=O)N1c1ccccc1OC(F)(F)F. The number of ether oxygens (including phenoxy) is 1. The monoisotopic (exact) mass is 308 g/mol. The van der Waals surface area contributed by atoms with Crippen LogP contribution in [0.15, 0.2) is 47.7 Å². The fourth-order valence-electron chi connectivity index (χ4n) is 2.25. The molecular weight excluding hydrogens is 297 g/mol. The highest BCUT2D eigenvalue weighted by Crippen LogP contribution is 2.40. The number of nitrogens with zero attached hydrogens (tertiary/aromatic N) is 2. The van der Waals surface area contributed by atoms with Crippen molar-refractivity contribution in [1.29, 1.82) is 5.26 Å². The molecule has 0 bridgehead atoms. The number of benzene rings is 1. The zero-order chi connectivity index (χ0) is 16.5. The first kappa shape index (κ1) is 15.6. The van der Waals surface area contributed by atoms with Crippen molar-refractivity contribution in [1.82, 2.24) is 0 Å². The second-order valence-corrected chi connectivity index (χ2v) is 4.42. The number of para-hydroxylation sites is 2. The quantitative estimate of drug-likeness (QED) is 0.856. The van der Waals surface area contributed by atoms with Gasteiger partial charge in [-0.15, -0.1) is 13.2 Å². The molecule has 7 heteroatoms. The zero-order valence-corrected chi connectivity index (χ0v) is 11.6. The van der Waals surface area contributed by atoms with E-state index < -0.39 is 18.0 Å². The number of hydrogen-bond donors (Lipinski definition) is 0. The molecular formula is C15H11F3N2O2. The van der Waals surface area contributed by atoms with Gasteiger partial charge >= 0.3 is 6.36 Å². The third-order valence-electron chi connectivity index (χ3n) is 3.13. The zero-order valence-electron chi connectivity index (χ0n) is 11.6. The van der Waals surface area contributed by atoms with Gasteiger partial charge in [-0.25, -0.2) is 0 Å². The van der Waals surface area contributed by atoms with Crippen molar-refractivity contribution in [2.45, 2.75) is 19.7 Å². The van der Waals surface area contributed by atoms with E-state index in [-0.39, 0.29) is 17.0 Å². The minimum Gasteiger partial charge on any atom is -0.404 e. The average molecular weight is 308 g/mol. The van der Waals surface area contributed by atoms with Gasteiger partial charge in [0.25, 0.3) is 5.91 Å². The molecule has 0 saturated heterocycles. The summed E-state index contributed by atoms with van der Waals surface area (Å²) in [6, 6.07) is 7.00. The number of nitriles is 1. The molecule has 0 radical (unpaired) electrons. The number of amides is 1. The molecule has 0 N–H and O–H groups in total. The number of carbonyl (C=O) groups excluding carboxylic acids is 1. The minimum absolute atomic E-state index is 0.106. The second-order valence-electron chi connectivity index (χ2n) is 4.42. The van der Waals surface area contributed by atoms with Crippen LogP contribution < -0.4 is 9.64 Å². The summed E-state index contributed by atoms with van der Waals surface area (Å²) >= 11 is 0. The van der Waals surface area contributed by atoms with Crippen molar-refractivity contribution in [3.05, 3.63) is 47.7 Å². The summed E-state index contributed by atoms with van der Waals surface area (Å²) in [5, 5.41) is 9.07. The summed E-state index contributed by atoms with van der Waals surface area (Å²) < 4.78 is 41.4. The number of halogens is 3. The maximum atomic E-state index is 12.5. The van der Waals surface area contributed by atoms with E-state index in [9.17, 15) is 18.0 Å². The number of allylic oxidation sites excluding steroid dienone is 1. The number of anilines is 1. The molecule has 1 aliphatic rings. The van der Waals surface area contributed by atoms with E-state index in [2.05, 4.69) is 11.3 Å². The first-order valence-electron chi connectivity index (χ1n) is 6.32. The van der Waals surface area contributed by atoms with Gasteiger partial charge in [-0.3, -0.25) is 9.69 Å². The normalized spacial score (nSPS) is 15.3. The van der Waals surface area contributed by atoms with Gasteiger partial charge in [0.15, 0.2) is 5.75 Å². The first-order valence-corrected chi connectivity index (χ1v) is 6.32. The van der Waals surface area contributed by atoms with E-state index >= 15 is 0 Å². The van der Waals surface area contributed by atoms with Crippen molar-refractivity contribution >= 4 is 11.6 Å². The van der Waals surface area contributed by atoms with Gasteiger partial charge in [-0.05, 0) is 24.1 Å². The van der Waals surface area contributed by atoms with Gasteiger partial charge < -0.3 is 4.74 Å². The largest absolute Gasteiger partial charge is 0.573 e. The van der Waals surface area contributed by atoms with E-state index in [1.165, 1.54) is 18.2 Å². The Bertz CT molecular complexity index is 714. The third-order valence-corrected chi connectivity index (χ3v) is 3.13. The first-order chi connectivity index (χ1) is 10.3. The highest BCUT2D eigenvalue weighted by atomic mass is 19.4. The Hall–Kier alpha value is -2.75. The van der Waals surface area contributed by atoms with Crippen molar-refractivity contribution in [3.8, 4) is 11.8 Å². The van der Waals surface area contributed by atoms with Gasteiger partial charge in [0.05, 0.1) is 5.69 Å². The molecule has 0 atom stereocenters. The predicted octanol–water partition coefficient (Wildman–Crippen LogP) is 3.68. The average Bonchev–Trinajstić information content (AvgIpc) is 2.68. The van der Waals surface area contributed by atoms with Crippen LogP contribution in [0.2, 0.25) is 0 Å². The summed E-state index contributed by atoms with van der Waals surface area (Å²) in [4.78, 5) is 13.3. The molecule has 1 aliphatic heterocycles. The van der Waals surface area contributed by atoms with Crippen LogP contribution in [0.5, 0.6) is 5.75 Å². The van der Waals surface area contributed by atoms with E-state index in [1.54, 1.807) is 13.0 Å². The van der Waals surface area contributed by atoms with Crippen molar-refractivity contribution in [2.24, 2.45) is 0 Å². The van der Waals surface area contributed by atoms with Crippen molar-refractivity contribution in [3.63, 3.8) is 0 Å². The summed E-state index contributed by atoms with van der Waals surface area (Å²) in [6.45, 7) is 5.44. The smallest absolute Gasteiger partial charge is 0.404 e. The van der Waals surface area contributed by atoms with E-state index in [0.29, 0.717) is 12.0 Å². The molecule has 1 aromatic rings. The lowest BCUT2D eigenvalue weighted by Gasteiger charge is -2.22. The number of alkyl halides is 3. The topological polar surface area (TPSA) is 53.3 Å². The second kappa shape index (κ2) is 5.56. The van der Waals surface area contributed by atoms with Crippen LogP contribution >= 0.6 is 0 Å². The van der Waals surface area contributed by atoms with Gasteiger partial charge in [-0.1, -0.05) is 25.6 Å². The molecule has 0 spiro atoms. The Labute approximate surface area is 124 Å². The van der Waals surface area contributed by atoms with Crippen LogP contribution in [-0.4, -0.2) is 12.3 Å². The molecule has 1 aromatic carbocycles. The van der Waals surface area contributed by atoms with Crippen LogP contribution in [0.25, 0.3) is 0 Å². The Balaban J connectivity index is 2.49. The summed E-state index contributed by atoms with van der Waals surface area (Å²) in [6.07, 6.45) is -4.52. The van der Waals surface area contributed by atoms with Crippen LogP contribution in [0.1, 0.15) is 13.3 Å². The fourth-order valence-corrected chi connectivity index (χ4v) is 2.25. The molecule has 22 heavy (non-hydrogen) atoms. The maximum absolute atomic E-state index is 12.5. The number of carbonyl (C=O) groups is 1. The van der Waals surface area contributed by atoms with Crippen LogP contribution in [0.4, 0.5) is 18.9 Å². The van der Waals surface area contributed by atoms with Gasteiger partial charge in [0, 0.05) is 5.70 Å². The lowest BCUT2D eigenvalue weighted by atomic mass is 10.1. The number of hydrogen-bond acceptors (Lipinski definition) is 3. The highest BCUT2D eigenvalue weighted by molar-refractivity contribution is 6.16. The Morgan fingerprint density at radius 3 is 2.50 bits per heavy atom. The maximum Gasteiger partial charge on any atom is 0.573 e. The van der Waals surface area contributed by atoms with Crippen molar-refractivity contribution in [2.75, 3.05) is 4.90 Å². The van der Waals surface area contributed by atoms with E-state index in [0.717, 1.165) is 11.0 Å². The van der Waals surface area contributed by atoms with Crippen LogP contribution in [0.3, 0.4) is 0 Å². The summed E-state index contributed by atoms with van der Waals surface area (Å²) in [5.74, 6) is -1.23. The molecule has 2 rings (SSSR count). The predicted molar refractivity (Wildman–Crippen MR) is 72.7 cm³/mol. The summed E-state index contributed by atoms with van der Waals surface area (Å²) in [5.41, 5.74) is 0.372. The molecule has 0 fully saturated rings. The highest BCUT2D eigenvalue weighted by Gasteiger charge is 2.38. The van der Waals surface area contributed by atoms with Gasteiger partial charge in [0.1, 0.15) is 11.6 Å². The third kappa shape index (κ3) is 2.68. The molecule has 0 saturated carbocycles. The standard InChI is InChI=1S/C15H11F3N2O2/c1-3-10-9(2)20(14(21)11(10)8-19)12-6-4-5-7-13(12)22-15(16,17)18/h4-7H,2-3H2,1H3. The fraction of sp³-hybridized carbons (Fsp3) is 0.200. The Morgan fingerprint density at radius 1 is 1.36 bits per heavy atom. The molecule has 1 heterocycles. The number of rotatable bonds is 3. The lowest BCUT2D eigenvalue weighted by Crippen LogP contribution is -2.27. The molecule has 4 nitrogen and oxygen atoms in total. The summed E-state index contributed by atoms with van der Waals surface area (Å²) in [7, 11) is 0. The molecule has 0 aromatic heterocycles. The van der Waals surface area contributed by atoms with Gasteiger partial charge in [0.2, 0.25) is 0 Å².